The van der Waals surface area contributed by atoms with Crippen molar-refractivity contribution in [3.8, 4) is 0 Å². The summed E-state index contributed by atoms with van der Waals surface area (Å²) in [7, 11) is 0. The first kappa shape index (κ1) is 17.9. The van der Waals surface area contributed by atoms with Crippen molar-refractivity contribution < 1.29 is 22.7 Å². The van der Waals surface area contributed by atoms with Crippen LogP contribution in [0.15, 0.2) is 18.3 Å². The third-order valence-corrected chi connectivity index (χ3v) is 4.58. The molecule has 1 atom stereocenters. The first-order valence-corrected chi connectivity index (χ1v) is 8.22. The second-order valence-electron chi connectivity index (χ2n) is 6.44. The Morgan fingerprint density at radius 3 is 2.52 bits per heavy atom. The molecular formula is C16H21F3N4O2. The summed E-state index contributed by atoms with van der Waals surface area (Å²) < 4.78 is 43.5. The molecule has 1 N–H and O–H groups in total. The SMILES string of the molecule is C[C@@]1(C(=O)N2CCN(c3ccc(C(F)(F)F)cn3)CC2)CNCCO1. The Balaban J connectivity index is 1.59. The number of aromatic nitrogens is 1. The van der Waals surface area contributed by atoms with E-state index < -0.39 is 17.3 Å². The Kier molecular flexibility index (Phi) is 4.88. The molecule has 0 unspecified atom stereocenters. The molecule has 2 fully saturated rings. The zero-order valence-corrected chi connectivity index (χ0v) is 14.0. The topological polar surface area (TPSA) is 57.7 Å². The molecule has 0 aliphatic carbocycles. The lowest BCUT2D eigenvalue weighted by molar-refractivity contribution is -0.159. The summed E-state index contributed by atoms with van der Waals surface area (Å²) in [5, 5.41) is 3.16. The lowest BCUT2D eigenvalue weighted by Gasteiger charge is -2.41. The van der Waals surface area contributed by atoms with Crippen molar-refractivity contribution in [3.63, 3.8) is 0 Å². The van der Waals surface area contributed by atoms with E-state index in [0.29, 0.717) is 45.1 Å². The molecule has 0 radical (unpaired) electrons. The highest BCUT2D eigenvalue weighted by Gasteiger charge is 2.40. The summed E-state index contributed by atoms with van der Waals surface area (Å²) in [5.74, 6) is 0.432. The third-order valence-electron chi connectivity index (χ3n) is 4.58. The summed E-state index contributed by atoms with van der Waals surface area (Å²) in [5.41, 5.74) is -1.62. The standard InChI is InChI=1S/C16H21F3N4O2/c1-15(11-20-4-9-25-15)14(24)23-7-5-22(6-8-23)13-3-2-12(10-21-13)16(17,18)19/h2-3,10,20H,4-9,11H2,1H3/t15-/m0/s1. The molecule has 0 aromatic carbocycles. The fraction of sp³-hybridized carbons (Fsp3) is 0.625. The number of nitrogens with zero attached hydrogens (tertiary/aromatic N) is 3. The number of ether oxygens (including phenoxy) is 1. The highest BCUT2D eigenvalue weighted by atomic mass is 19.4. The molecule has 9 heteroatoms. The van der Waals surface area contributed by atoms with E-state index in [-0.39, 0.29) is 5.91 Å². The molecule has 2 aliphatic rings. The Bertz CT molecular complexity index is 607. The minimum absolute atomic E-state index is 0.0558. The molecule has 3 rings (SSSR count). The van der Waals surface area contributed by atoms with Gasteiger partial charge in [-0.25, -0.2) is 4.98 Å². The lowest BCUT2D eigenvalue weighted by Crippen LogP contribution is -2.61. The Hall–Kier alpha value is -1.87. The molecule has 0 spiro atoms. The van der Waals surface area contributed by atoms with Gasteiger partial charge in [-0.3, -0.25) is 4.79 Å². The second kappa shape index (κ2) is 6.80. The molecule has 2 aliphatic heterocycles. The van der Waals surface area contributed by atoms with Gasteiger partial charge in [0.1, 0.15) is 5.82 Å². The number of morpholine rings is 1. The van der Waals surface area contributed by atoms with Crippen LogP contribution in [0.4, 0.5) is 19.0 Å². The van der Waals surface area contributed by atoms with Crippen LogP contribution in [-0.4, -0.2) is 67.3 Å². The van der Waals surface area contributed by atoms with Crippen molar-refractivity contribution in [2.45, 2.75) is 18.7 Å². The van der Waals surface area contributed by atoms with E-state index in [2.05, 4.69) is 10.3 Å². The minimum atomic E-state index is -4.39. The Labute approximate surface area is 143 Å². The molecular weight excluding hydrogens is 337 g/mol. The smallest absolute Gasteiger partial charge is 0.363 e. The van der Waals surface area contributed by atoms with E-state index in [4.69, 9.17) is 4.74 Å². The van der Waals surface area contributed by atoms with Gasteiger partial charge in [0.05, 0.1) is 12.2 Å². The monoisotopic (exact) mass is 358 g/mol. The first-order chi connectivity index (χ1) is 11.8. The van der Waals surface area contributed by atoms with Crippen LogP contribution in [0.25, 0.3) is 0 Å². The van der Waals surface area contributed by atoms with Gasteiger partial charge in [-0.1, -0.05) is 0 Å². The number of pyridine rings is 1. The lowest BCUT2D eigenvalue weighted by atomic mass is 10.0. The zero-order chi connectivity index (χ0) is 18.1. The van der Waals surface area contributed by atoms with Crippen molar-refractivity contribution in [3.05, 3.63) is 23.9 Å². The number of carbonyl (C=O) groups is 1. The maximum atomic E-state index is 12.7. The van der Waals surface area contributed by atoms with Gasteiger partial charge in [-0.2, -0.15) is 13.2 Å². The van der Waals surface area contributed by atoms with Crippen molar-refractivity contribution in [1.29, 1.82) is 0 Å². The van der Waals surface area contributed by atoms with Crippen LogP contribution in [0.5, 0.6) is 0 Å². The normalized spacial score (nSPS) is 25.1. The Morgan fingerprint density at radius 1 is 1.28 bits per heavy atom. The van der Waals surface area contributed by atoms with Crippen molar-refractivity contribution >= 4 is 11.7 Å². The first-order valence-electron chi connectivity index (χ1n) is 8.22. The number of hydrogen-bond acceptors (Lipinski definition) is 5. The number of piperazine rings is 1. The summed E-state index contributed by atoms with van der Waals surface area (Å²) in [6.45, 7) is 5.51. The second-order valence-corrected chi connectivity index (χ2v) is 6.44. The fourth-order valence-electron chi connectivity index (χ4n) is 3.08. The number of anilines is 1. The van der Waals surface area contributed by atoms with Crippen LogP contribution in [-0.2, 0) is 15.7 Å². The molecule has 3 heterocycles. The quantitative estimate of drug-likeness (QED) is 0.859. The molecule has 1 amide bonds. The van der Waals surface area contributed by atoms with Gasteiger partial charge >= 0.3 is 6.18 Å². The van der Waals surface area contributed by atoms with E-state index in [0.717, 1.165) is 18.8 Å². The van der Waals surface area contributed by atoms with Crippen LogP contribution < -0.4 is 10.2 Å². The predicted octanol–water partition coefficient (Wildman–Crippen LogP) is 1.13. The van der Waals surface area contributed by atoms with Crippen molar-refractivity contribution in [2.75, 3.05) is 50.8 Å². The van der Waals surface area contributed by atoms with Gasteiger partial charge in [0, 0.05) is 45.5 Å². The molecule has 25 heavy (non-hydrogen) atoms. The van der Waals surface area contributed by atoms with E-state index in [9.17, 15) is 18.0 Å². The fourth-order valence-corrected chi connectivity index (χ4v) is 3.08. The van der Waals surface area contributed by atoms with Crippen LogP contribution in [0, 0.1) is 0 Å². The van der Waals surface area contributed by atoms with E-state index in [1.807, 2.05) is 4.90 Å². The minimum Gasteiger partial charge on any atom is -0.363 e. The predicted molar refractivity (Wildman–Crippen MR) is 85.3 cm³/mol. The molecule has 1 aromatic rings. The number of halogens is 3. The van der Waals surface area contributed by atoms with Crippen LogP contribution in [0.2, 0.25) is 0 Å². The van der Waals surface area contributed by atoms with Crippen LogP contribution >= 0.6 is 0 Å². The van der Waals surface area contributed by atoms with Gasteiger partial charge in [0.25, 0.3) is 5.91 Å². The number of alkyl halides is 3. The molecule has 2 saturated heterocycles. The molecule has 0 bridgehead atoms. The van der Waals surface area contributed by atoms with E-state index >= 15 is 0 Å². The molecule has 1 aromatic heterocycles. The molecule has 6 nitrogen and oxygen atoms in total. The summed E-state index contributed by atoms with van der Waals surface area (Å²) in [4.78, 5) is 20.2. The highest BCUT2D eigenvalue weighted by Crippen LogP contribution is 2.29. The highest BCUT2D eigenvalue weighted by molar-refractivity contribution is 5.85. The number of carbonyl (C=O) groups excluding carboxylic acids is 1. The summed E-state index contributed by atoms with van der Waals surface area (Å²) in [6.07, 6.45) is -3.55. The van der Waals surface area contributed by atoms with Crippen molar-refractivity contribution in [2.24, 2.45) is 0 Å². The third kappa shape index (κ3) is 3.87. The van der Waals surface area contributed by atoms with Gasteiger partial charge in [0.15, 0.2) is 5.60 Å². The van der Waals surface area contributed by atoms with Gasteiger partial charge in [-0.15, -0.1) is 0 Å². The number of rotatable bonds is 2. The Morgan fingerprint density at radius 2 is 2.00 bits per heavy atom. The number of hydrogen-bond donors (Lipinski definition) is 1. The zero-order valence-electron chi connectivity index (χ0n) is 14.0. The van der Waals surface area contributed by atoms with Gasteiger partial charge in [-0.05, 0) is 19.1 Å². The number of nitrogens with one attached hydrogen (secondary N) is 1. The molecule has 138 valence electrons. The maximum Gasteiger partial charge on any atom is 0.417 e. The molecule has 0 saturated carbocycles. The van der Waals surface area contributed by atoms with Gasteiger partial charge < -0.3 is 19.9 Å². The summed E-state index contributed by atoms with van der Waals surface area (Å²) >= 11 is 0. The van der Waals surface area contributed by atoms with Crippen LogP contribution in [0.1, 0.15) is 12.5 Å². The van der Waals surface area contributed by atoms with E-state index in [1.54, 1.807) is 11.8 Å². The van der Waals surface area contributed by atoms with Crippen LogP contribution in [0.3, 0.4) is 0 Å². The number of amides is 1. The van der Waals surface area contributed by atoms with Gasteiger partial charge in [0.2, 0.25) is 0 Å². The maximum absolute atomic E-state index is 12.7. The van der Waals surface area contributed by atoms with E-state index in [1.165, 1.54) is 6.07 Å². The average molecular weight is 358 g/mol. The largest absolute Gasteiger partial charge is 0.417 e. The summed E-state index contributed by atoms with van der Waals surface area (Å²) in [6, 6.07) is 2.40. The average Bonchev–Trinajstić information content (AvgIpc) is 2.61. The van der Waals surface area contributed by atoms with Crippen molar-refractivity contribution in [1.82, 2.24) is 15.2 Å².